The van der Waals surface area contributed by atoms with E-state index in [0.717, 1.165) is 31.6 Å². The van der Waals surface area contributed by atoms with Crippen molar-refractivity contribution < 1.29 is 14.1 Å². The molecule has 1 aromatic heterocycles. The number of aromatic nitrogens is 2. The molecule has 0 saturated carbocycles. The number of rotatable bonds is 4. The number of aryl methyl sites for hydroxylation is 1. The summed E-state index contributed by atoms with van der Waals surface area (Å²) in [4.78, 5) is 18.0. The summed E-state index contributed by atoms with van der Waals surface area (Å²) < 4.78 is 9.95. The normalized spacial score (nSPS) is 20.9. The number of carbonyl (C=O) groups is 1. The molecule has 1 atom stereocenters. The molecule has 100 valence electrons. The minimum Gasteiger partial charge on any atom is -0.469 e. The molecule has 1 aliphatic rings. The SMILES string of the molecule is CCc1noc(CN2CCCC(C(=O)OC)C2)n1. The van der Waals surface area contributed by atoms with Crippen LogP contribution in [0.3, 0.4) is 0 Å². The number of nitrogens with zero attached hydrogens (tertiary/aromatic N) is 3. The van der Waals surface area contributed by atoms with E-state index < -0.39 is 0 Å². The topological polar surface area (TPSA) is 68.5 Å². The van der Waals surface area contributed by atoms with Crippen LogP contribution in [0.1, 0.15) is 31.5 Å². The fraction of sp³-hybridized carbons (Fsp3) is 0.750. The predicted molar refractivity (Wildman–Crippen MR) is 63.7 cm³/mol. The van der Waals surface area contributed by atoms with E-state index in [-0.39, 0.29) is 11.9 Å². The number of piperidine rings is 1. The van der Waals surface area contributed by atoms with E-state index in [1.54, 1.807) is 0 Å². The van der Waals surface area contributed by atoms with Gasteiger partial charge in [-0.25, -0.2) is 0 Å². The van der Waals surface area contributed by atoms with E-state index in [2.05, 4.69) is 15.0 Å². The Balaban J connectivity index is 1.91. The number of carbonyl (C=O) groups excluding carboxylic acids is 1. The maximum atomic E-state index is 11.5. The van der Waals surface area contributed by atoms with Gasteiger partial charge in [0.05, 0.1) is 19.6 Å². The molecule has 0 spiro atoms. The monoisotopic (exact) mass is 253 g/mol. The highest BCUT2D eigenvalue weighted by Crippen LogP contribution is 2.19. The molecule has 1 aromatic rings. The second-order valence-corrected chi connectivity index (χ2v) is 4.56. The first kappa shape index (κ1) is 13.0. The summed E-state index contributed by atoms with van der Waals surface area (Å²) >= 11 is 0. The van der Waals surface area contributed by atoms with Crippen molar-refractivity contribution in [1.82, 2.24) is 15.0 Å². The van der Waals surface area contributed by atoms with Crippen LogP contribution in [0.2, 0.25) is 0 Å². The van der Waals surface area contributed by atoms with Crippen molar-refractivity contribution in [3.8, 4) is 0 Å². The lowest BCUT2D eigenvalue weighted by Crippen LogP contribution is -2.38. The van der Waals surface area contributed by atoms with Crippen molar-refractivity contribution in [2.45, 2.75) is 32.7 Å². The molecule has 0 N–H and O–H groups in total. The third-order valence-corrected chi connectivity index (χ3v) is 3.23. The molecule has 18 heavy (non-hydrogen) atoms. The van der Waals surface area contributed by atoms with Gasteiger partial charge in [-0.2, -0.15) is 4.98 Å². The van der Waals surface area contributed by atoms with E-state index >= 15 is 0 Å². The maximum Gasteiger partial charge on any atom is 0.309 e. The molecule has 2 rings (SSSR count). The zero-order valence-corrected chi connectivity index (χ0v) is 10.9. The highest BCUT2D eigenvalue weighted by atomic mass is 16.5. The van der Waals surface area contributed by atoms with E-state index in [1.807, 2.05) is 6.92 Å². The Kier molecular flexibility index (Phi) is 4.30. The highest BCUT2D eigenvalue weighted by molar-refractivity contribution is 5.72. The zero-order chi connectivity index (χ0) is 13.0. The molecule has 6 nitrogen and oxygen atoms in total. The van der Waals surface area contributed by atoms with E-state index in [1.165, 1.54) is 7.11 Å². The van der Waals surface area contributed by atoms with Gasteiger partial charge < -0.3 is 9.26 Å². The molecule has 0 aromatic carbocycles. The Hall–Kier alpha value is -1.43. The minimum atomic E-state index is -0.125. The second kappa shape index (κ2) is 5.95. The number of esters is 1. The van der Waals surface area contributed by atoms with Gasteiger partial charge in [0.2, 0.25) is 5.89 Å². The van der Waals surface area contributed by atoms with Crippen LogP contribution in [0, 0.1) is 5.92 Å². The Bertz CT molecular complexity index is 405. The molecule has 1 saturated heterocycles. The standard InChI is InChI=1S/C12H19N3O3/c1-3-10-13-11(18-14-10)8-15-6-4-5-9(7-15)12(16)17-2/h9H,3-8H2,1-2H3. The Morgan fingerprint density at radius 3 is 3.11 bits per heavy atom. The van der Waals surface area contributed by atoms with Crippen LogP contribution in [0.4, 0.5) is 0 Å². The molecular formula is C12H19N3O3. The van der Waals surface area contributed by atoms with Gasteiger partial charge in [0, 0.05) is 13.0 Å². The van der Waals surface area contributed by atoms with E-state index in [4.69, 9.17) is 9.26 Å². The molecule has 1 unspecified atom stereocenters. The minimum absolute atomic E-state index is 0.0303. The van der Waals surface area contributed by atoms with E-state index in [0.29, 0.717) is 19.0 Å². The maximum absolute atomic E-state index is 11.5. The molecule has 0 amide bonds. The summed E-state index contributed by atoms with van der Waals surface area (Å²) in [6, 6.07) is 0. The van der Waals surface area contributed by atoms with Gasteiger partial charge in [-0.3, -0.25) is 9.69 Å². The smallest absolute Gasteiger partial charge is 0.309 e. The van der Waals surface area contributed by atoms with Crippen LogP contribution in [0.5, 0.6) is 0 Å². The van der Waals surface area contributed by atoms with Crippen LogP contribution >= 0.6 is 0 Å². The molecule has 1 fully saturated rings. The van der Waals surface area contributed by atoms with Crippen molar-refractivity contribution in [1.29, 1.82) is 0 Å². The van der Waals surface area contributed by atoms with Gasteiger partial charge in [0.15, 0.2) is 5.82 Å². The summed E-state index contributed by atoms with van der Waals surface area (Å²) in [5.41, 5.74) is 0. The van der Waals surface area contributed by atoms with Crippen LogP contribution in [0.25, 0.3) is 0 Å². The van der Waals surface area contributed by atoms with Gasteiger partial charge in [-0.1, -0.05) is 12.1 Å². The average Bonchev–Trinajstić information content (AvgIpc) is 2.86. The van der Waals surface area contributed by atoms with Gasteiger partial charge in [0.1, 0.15) is 0 Å². The van der Waals surface area contributed by atoms with Crippen molar-refractivity contribution in [3.63, 3.8) is 0 Å². The number of hydrogen-bond donors (Lipinski definition) is 0. The van der Waals surface area contributed by atoms with Crippen molar-refractivity contribution in [2.75, 3.05) is 20.2 Å². The summed E-state index contributed by atoms with van der Waals surface area (Å²) in [7, 11) is 1.44. The number of likely N-dealkylation sites (tertiary alicyclic amines) is 1. The highest BCUT2D eigenvalue weighted by Gasteiger charge is 2.27. The lowest BCUT2D eigenvalue weighted by Gasteiger charge is -2.29. The number of ether oxygens (including phenoxy) is 1. The van der Waals surface area contributed by atoms with Gasteiger partial charge >= 0.3 is 5.97 Å². The Morgan fingerprint density at radius 2 is 2.44 bits per heavy atom. The van der Waals surface area contributed by atoms with Crippen molar-refractivity contribution >= 4 is 5.97 Å². The quantitative estimate of drug-likeness (QED) is 0.746. The summed E-state index contributed by atoms with van der Waals surface area (Å²) in [5, 5.41) is 3.87. The lowest BCUT2D eigenvalue weighted by atomic mass is 9.98. The lowest BCUT2D eigenvalue weighted by molar-refractivity contribution is -0.147. The van der Waals surface area contributed by atoms with Gasteiger partial charge in [0.25, 0.3) is 0 Å². The van der Waals surface area contributed by atoms with Crippen LogP contribution < -0.4 is 0 Å². The first-order valence-corrected chi connectivity index (χ1v) is 6.34. The Morgan fingerprint density at radius 1 is 1.61 bits per heavy atom. The third-order valence-electron chi connectivity index (χ3n) is 3.23. The van der Waals surface area contributed by atoms with E-state index in [9.17, 15) is 4.79 Å². The number of methoxy groups -OCH3 is 1. The van der Waals surface area contributed by atoms with Crippen LogP contribution in [0.15, 0.2) is 4.52 Å². The largest absolute Gasteiger partial charge is 0.469 e. The zero-order valence-electron chi connectivity index (χ0n) is 10.9. The average molecular weight is 253 g/mol. The first-order chi connectivity index (χ1) is 8.72. The molecule has 0 aliphatic carbocycles. The first-order valence-electron chi connectivity index (χ1n) is 6.34. The van der Waals surface area contributed by atoms with Gasteiger partial charge in [-0.05, 0) is 19.4 Å². The fourth-order valence-electron chi connectivity index (χ4n) is 2.25. The van der Waals surface area contributed by atoms with Crippen molar-refractivity contribution in [2.24, 2.45) is 5.92 Å². The third kappa shape index (κ3) is 3.07. The van der Waals surface area contributed by atoms with Crippen LogP contribution in [-0.2, 0) is 22.5 Å². The second-order valence-electron chi connectivity index (χ2n) is 4.56. The summed E-state index contributed by atoms with van der Waals surface area (Å²) in [6.45, 7) is 4.26. The number of hydrogen-bond acceptors (Lipinski definition) is 6. The molecule has 6 heteroatoms. The van der Waals surface area contributed by atoms with Gasteiger partial charge in [-0.15, -0.1) is 0 Å². The molecule has 1 aliphatic heterocycles. The Labute approximate surface area is 106 Å². The molecule has 2 heterocycles. The van der Waals surface area contributed by atoms with Crippen LogP contribution in [-0.4, -0.2) is 41.2 Å². The van der Waals surface area contributed by atoms with Crippen molar-refractivity contribution in [3.05, 3.63) is 11.7 Å². The summed E-state index contributed by atoms with van der Waals surface area (Å²) in [6.07, 6.45) is 2.66. The molecule has 0 radical (unpaired) electrons. The predicted octanol–water partition coefficient (Wildman–Crippen LogP) is 1.02. The molecule has 0 bridgehead atoms. The molecular weight excluding hydrogens is 234 g/mol. The fourth-order valence-corrected chi connectivity index (χ4v) is 2.25. The summed E-state index contributed by atoms with van der Waals surface area (Å²) in [5.74, 6) is 1.20.